The summed E-state index contributed by atoms with van der Waals surface area (Å²) in [7, 11) is 0. The lowest BCUT2D eigenvalue weighted by atomic mass is 9.72. The summed E-state index contributed by atoms with van der Waals surface area (Å²) in [5, 5.41) is 15.6. The van der Waals surface area contributed by atoms with Crippen LogP contribution in [0.15, 0.2) is 48.9 Å². The number of hydrogen-bond acceptors (Lipinski definition) is 12. The number of amides is 5. The molecule has 3 aromatic heterocycles. The number of carbonyl (C=O) groups is 5. The van der Waals surface area contributed by atoms with Gasteiger partial charge in [0.2, 0.25) is 29.5 Å². The first-order chi connectivity index (χ1) is 36.3. The van der Waals surface area contributed by atoms with Gasteiger partial charge in [0.05, 0.1) is 40.9 Å². The van der Waals surface area contributed by atoms with Gasteiger partial charge >= 0.3 is 0 Å². The van der Waals surface area contributed by atoms with Crippen LogP contribution < -0.4 is 20.4 Å². The summed E-state index contributed by atoms with van der Waals surface area (Å²) >= 11 is 0. The van der Waals surface area contributed by atoms with Crippen LogP contribution in [0.25, 0.3) is 22.3 Å². The Bertz CT molecular complexity index is 2920. The van der Waals surface area contributed by atoms with E-state index in [2.05, 4.69) is 86.0 Å². The third-order valence-electron chi connectivity index (χ3n) is 19.0. The number of aromatic nitrogens is 4. The van der Waals surface area contributed by atoms with Gasteiger partial charge in [-0.05, 0) is 140 Å². The molecule has 9 heterocycles. The molecular weight excluding hydrogens is 945 g/mol. The number of piperidine rings is 5. The lowest BCUT2D eigenvalue weighted by Crippen LogP contribution is -2.59. The summed E-state index contributed by atoms with van der Waals surface area (Å²) in [6, 6.07) is 15.8. The van der Waals surface area contributed by atoms with Crippen LogP contribution >= 0.6 is 0 Å². The van der Waals surface area contributed by atoms with E-state index < -0.39 is 10.8 Å². The van der Waals surface area contributed by atoms with Gasteiger partial charge in [-0.1, -0.05) is 31.5 Å². The molecule has 7 fully saturated rings. The fourth-order valence-electron chi connectivity index (χ4n) is 14.0. The Morgan fingerprint density at radius 3 is 2.24 bits per heavy atom. The van der Waals surface area contributed by atoms with E-state index in [1.165, 1.54) is 19.3 Å². The molecule has 0 radical (unpaired) electrons. The SMILES string of the molecule is CC(C)n1cnc2cc(-c3ccc4c(c3)N(C3CC(N5CCCCC5)C3)C(=O)C43CCN(C(=O)C4(C)CCN(C(=O)C5CCN(c6ccc([C@@H]7CCC(=O)NC7=O)cn6)CC5)CC4)CC3)nc(NC3CC(C#N)C3)c21. The summed E-state index contributed by atoms with van der Waals surface area (Å²) < 4.78 is 2.15. The van der Waals surface area contributed by atoms with E-state index in [-0.39, 0.29) is 65.4 Å². The number of imidazole rings is 1. The van der Waals surface area contributed by atoms with Gasteiger partial charge in [0.15, 0.2) is 5.82 Å². The Morgan fingerprint density at radius 2 is 1.56 bits per heavy atom. The summed E-state index contributed by atoms with van der Waals surface area (Å²) in [5.41, 5.74) is 5.08. The fraction of sp³-hybridized carbons (Fsp3) is 0.603. The minimum atomic E-state index is -0.718. The highest BCUT2D eigenvalue weighted by Crippen LogP contribution is 2.53. The molecule has 17 nitrogen and oxygen atoms in total. The maximum atomic E-state index is 15.3. The molecule has 0 bridgehead atoms. The summed E-state index contributed by atoms with van der Waals surface area (Å²) in [4.78, 5) is 93.7. The lowest BCUT2D eigenvalue weighted by molar-refractivity contribution is -0.150. The molecule has 5 amide bonds. The Morgan fingerprint density at radius 1 is 0.827 bits per heavy atom. The monoisotopic (exact) mass is 1020 g/mol. The van der Waals surface area contributed by atoms with Gasteiger partial charge in [0, 0.05) is 98.6 Å². The number of pyridine rings is 2. The minimum absolute atomic E-state index is 0.0583. The van der Waals surface area contributed by atoms with Crippen LogP contribution in [0.1, 0.15) is 140 Å². The van der Waals surface area contributed by atoms with Crippen molar-refractivity contribution < 1.29 is 24.0 Å². The maximum Gasteiger partial charge on any atom is 0.238 e. The van der Waals surface area contributed by atoms with Crippen LogP contribution in [0.5, 0.6) is 0 Å². The van der Waals surface area contributed by atoms with Crippen LogP contribution in [-0.4, -0.2) is 134 Å². The molecule has 4 aromatic rings. The topological polar surface area (TPSA) is 193 Å². The third kappa shape index (κ3) is 8.92. The predicted molar refractivity (Wildman–Crippen MR) is 285 cm³/mol. The van der Waals surface area contributed by atoms with Crippen LogP contribution in [0.4, 0.5) is 17.3 Å². The molecule has 8 aliphatic rings. The van der Waals surface area contributed by atoms with E-state index >= 15 is 4.79 Å². The van der Waals surface area contributed by atoms with Crippen molar-refractivity contribution in [3.05, 3.63) is 60.0 Å². The highest BCUT2D eigenvalue weighted by Gasteiger charge is 2.57. The zero-order valence-electron chi connectivity index (χ0n) is 43.9. The van der Waals surface area contributed by atoms with Crippen LogP contribution in [-0.2, 0) is 29.4 Å². The standard InChI is InChI=1S/C58H72N12O5/c1-36(2)69-35-61-47-32-46(63-52(51(47)69)62-41-27-37(28-41)33-59)39-7-10-45-48(29-39)70(43-30-42(31-43)65-19-5-4-6-20-65)56(75)58(45)17-25-68(26-18-58)55(74)57(3)15-23-67(24-16-57)54(73)38-13-21-66(22-14-38)49-11-8-40(34-60-49)44-9-12-50(71)64-53(44)72/h7-8,10-11,29,32,34-38,41-44H,4-6,9,12-28,30-31H2,1-3H3,(H,62,63)(H,64,71,72)/t37?,41?,42?,43?,44-/m0/s1. The summed E-state index contributed by atoms with van der Waals surface area (Å²) in [5.74, 6) is 1.17. The van der Waals surface area contributed by atoms with Crippen molar-refractivity contribution in [2.75, 3.05) is 67.5 Å². The normalized spacial score (nSPS) is 27.0. The van der Waals surface area contributed by atoms with E-state index in [1.807, 2.05) is 28.3 Å². The number of fused-ring (bicyclic) bond motifs is 3. The minimum Gasteiger partial charge on any atom is -0.365 e. The van der Waals surface area contributed by atoms with Crippen molar-refractivity contribution in [1.29, 1.82) is 5.26 Å². The smallest absolute Gasteiger partial charge is 0.238 e. The van der Waals surface area contributed by atoms with Crippen molar-refractivity contribution in [1.82, 2.24) is 39.5 Å². The zero-order valence-corrected chi connectivity index (χ0v) is 43.9. The first-order valence-corrected chi connectivity index (χ1v) is 28.2. The lowest BCUT2D eigenvalue weighted by Gasteiger charge is -2.48. The van der Waals surface area contributed by atoms with Crippen LogP contribution in [0.3, 0.4) is 0 Å². The molecule has 1 aromatic carbocycles. The van der Waals surface area contributed by atoms with E-state index in [1.54, 1.807) is 6.20 Å². The fourth-order valence-corrected chi connectivity index (χ4v) is 14.0. The molecule has 1 spiro atoms. The van der Waals surface area contributed by atoms with E-state index in [4.69, 9.17) is 9.97 Å². The number of anilines is 3. The quantitative estimate of drug-likeness (QED) is 0.154. The zero-order chi connectivity index (χ0) is 51.8. The van der Waals surface area contributed by atoms with Gasteiger partial charge in [0.25, 0.3) is 0 Å². The number of hydrogen-bond donors (Lipinski definition) is 2. The molecule has 0 unspecified atom stereocenters. The third-order valence-corrected chi connectivity index (χ3v) is 19.0. The van der Waals surface area contributed by atoms with Crippen molar-refractivity contribution in [3.8, 4) is 17.3 Å². The van der Waals surface area contributed by atoms with Crippen molar-refractivity contribution >= 4 is 57.9 Å². The van der Waals surface area contributed by atoms with E-state index in [0.717, 1.165) is 102 Å². The molecular formula is C58H72N12O5. The average Bonchev–Trinajstić information content (AvgIpc) is 3.97. The number of benzene rings is 1. The Balaban J connectivity index is 0.712. The van der Waals surface area contributed by atoms with Crippen molar-refractivity contribution in [2.45, 2.75) is 153 Å². The Hall–Kier alpha value is -6.41. The maximum absolute atomic E-state index is 15.3. The van der Waals surface area contributed by atoms with Gasteiger partial charge in [-0.25, -0.2) is 15.0 Å². The highest BCUT2D eigenvalue weighted by molar-refractivity contribution is 6.09. The average molecular weight is 1020 g/mol. The first-order valence-electron chi connectivity index (χ1n) is 28.2. The molecule has 394 valence electrons. The predicted octanol–water partition coefficient (Wildman–Crippen LogP) is 7.08. The van der Waals surface area contributed by atoms with Crippen LogP contribution in [0.2, 0.25) is 0 Å². The van der Waals surface area contributed by atoms with Crippen molar-refractivity contribution in [2.24, 2.45) is 17.3 Å². The largest absolute Gasteiger partial charge is 0.365 e. The second-order valence-electron chi connectivity index (χ2n) is 23.9. The summed E-state index contributed by atoms with van der Waals surface area (Å²) in [6.45, 7) is 12.1. The van der Waals surface area contributed by atoms with E-state index in [9.17, 15) is 24.4 Å². The molecule has 12 rings (SSSR count). The summed E-state index contributed by atoms with van der Waals surface area (Å²) in [6.07, 6.45) is 15.5. The number of rotatable bonds is 10. The van der Waals surface area contributed by atoms with Gasteiger partial charge in [-0.3, -0.25) is 29.3 Å². The Kier molecular flexibility index (Phi) is 12.9. The van der Waals surface area contributed by atoms with Gasteiger partial charge in [-0.2, -0.15) is 5.26 Å². The number of nitrogens with one attached hydrogen (secondary N) is 2. The van der Waals surface area contributed by atoms with E-state index in [0.29, 0.717) is 83.8 Å². The second-order valence-corrected chi connectivity index (χ2v) is 23.9. The molecule has 2 aliphatic carbocycles. The molecule has 2 N–H and O–H groups in total. The number of nitriles is 1. The number of nitrogens with zero attached hydrogens (tertiary/aromatic N) is 10. The molecule has 5 saturated heterocycles. The van der Waals surface area contributed by atoms with Gasteiger partial charge in [0.1, 0.15) is 11.3 Å². The molecule has 75 heavy (non-hydrogen) atoms. The molecule has 6 aliphatic heterocycles. The highest BCUT2D eigenvalue weighted by atomic mass is 16.2. The molecule has 1 atom stereocenters. The second kappa shape index (κ2) is 19.6. The van der Waals surface area contributed by atoms with Gasteiger partial charge < -0.3 is 34.4 Å². The first kappa shape index (κ1) is 49.5. The van der Waals surface area contributed by atoms with Gasteiger partial charge in [-0.15, -0.1) is 0 Å². The number of carbonyl (C=O) groups excluding carboxylic acids is 5. The van der Waals surface area contributed by atoms with Crippen LogP contribution in [0, 0.1) is 28.6 Å². The molecule has 17 heteroatoms. The van der Waals surface area contributed by atoms with Crippen molar-refractivity contribution in [3.63, 3.8) is 0 Å². The number of likely N-dealkylation sites (tertiary alicyclic amines) is 3. The Labute approximate surface area is 439 Å². The number of imide groups is 1. The molecule has 2 saturated carbocycles.